The molecule has 0 bridgehead atoms. The highest BCUT2D eigenvalue weighted by Crippen LogP contribution is 2.29. The van der Waals surface area contributed by atoms with Gasteiger partial charge in [-0.25, -0.2) is 0 Å². The van der Waals surface area contributed by atoms with Crippen LogP contribution in [0.5, 0.6) is 0 Å². The first-order chi connectivity index (χ1) is 9.74. The van der Waals surface area contributed by atoms with Gasteiger partial charge in [-0.2, -0.15) is 0 Å². The molecule has 2 nitrogen and oxygen atoms in total. The third-order valence-electron chi connectivity index (χ3n) is 3.77. The van der Waals surface area contributed by atoms with E-state index in [4.69, 9.17) is 11.1 Å². The molecule has 1 aliphatic rings. The summed E-state index contributed by atoms with van der Waals surface area (Å²) in [5.41, 5.74) is 10.6. The second kappa shape index (κ2) is 5.71. The fourth-order valence-corrected chi connectivity index (χ4v) is 3.67. The summed E-state index contributed by atoms with van der Waals surface area (Å²) in [5.74, 6) is 1.00. The predicted octanol–water partition coefficient (Wildman–Crippen LogP) is 3.75. The molecule has 0 unspecified atom stereocenters. The lowest BCUT2D eigenvalue weighted by atomic mass is 10.1. The number of hydrogen-bond donors (Lipinski definition) is 2. The second-order valence-electron chi connectivity index (χ2n) is 5.14. The van der Waals surface area contributed by atoms with Crippen LogP contribution in [0.2, 0.25) is 0 Å². The van der Waals surface area contributed by atoms with Crippen molar-refractivity contribution in [2.75, 3.05) is 0 Å². The molecular formula is C17H18N2S. The van der Waals surface area contributed by atoms with Crippen LogP contribution in [0.15, 0.2) is 47.4 Å². The molecule has 3 rings (SSSR count). The van der Waals surface area contributed by atoms with E-state index < -0.39 is 0 Å². The molecule has 0 aromatic heterocycles. The quantitative estimate of drug-likeness (QED) is 0.510. The minimum absolute atomic E-state index is 0.148. The van der Waals surface area contributed by atoms with Crippen LogP contribution in [0, 0.1) is 5.41 Å². The predicted molar refractivity (Wildman–Crippen MR) is 85.5 cm³/mol. The third kappa shape index (κ3) is 2.73. The molecule has 0 saturated carbocycles. The van der Waals surface area contributed by atoms with E-state index in [2.05, 4.69) is 24.3 Å². The summed E-state index contributed by atoms with van der Waals surface area (Å²) >= 11 is 1.82. The van der Waals surface area contributed by atoms with Crippen LogP contribution in [-0.2, 0) is 18.6 Å². The number of fused-ring (bicyclic) bond motifs is 1. The van der Waals surface area contributed by atoms with Crippen LogP contribution in [-0.4, -0.2) is 5.84 Å². The maximum absolute atomic E-state index is 7.63. The zero-order valence-electron chi connectivity index (χ0n) is 11.4. The fraction of sp³-hybridized carbons (Fsp3) is 0.235. The van der Waals surface area contributed by atoms with Crippen LogP contribution in [0.25, 0.3) is 0 Å². The molecule has 0 heterocycles. The van der Waals surface area contributed by atoms with Gasteiger partial charge in [0.05, 0.1) is 0 Å². The Bertz CT molecular complexity index is 649. The van der Waals surface area contributed by atoms with E-state index in [1.165, 1.54) is 35.3 Å². The Hall–Kier alpha value is -1.74. The Labute approximate surface area is 123 Å². The lowest BCUT2D eigenvalue weighted by Crippen LogP contribution is -2.13. The Balaban J connectivity index is 1.75. The van der Waals surface area contributed by atoms with Crippen LogP contribution in [0.1, 0.15) is 28.7 Å². The number of benzene rings is 2. The lowest BCUT2D eigenvalue weighted by Gasteiger charge is -2.09. The number of thioether (sulfide) groups is 1. The first-order valence-electron chi connectivity index (χ1n) is 6.91. The maximum atomic E-state index is 7.63. The lowest BCUT2D eigenvalue weighted by molar-refractivity contribution is 0.911. The van der Waals surface area contributed by atoms with Crippen molar-refractivity contribution < 1.29 is 0 Å². The highest BCUT2D eigenvalue weighted by atomic mass is 32.2. The van der Waals surface area contributed by atoms with Crippen molar-refractivity contribution in [3.05, 3.63) is 64.7 Å². The molecule has 102 valence electrons. The maximum Gasteiger partial charge on any atom is 0.123 e. The monoisotopic (exact) mass is 282 g/mol. The molecule has 3 N–H and O–H groups in total. The summed E-state index contributed by atoms with van der Waals surface area (Å²) in [6.07, 6.45) is 3.73. The van der Waals surface area contributed by atoms with E-state index in [1.807, 2.05) is 30.0 Å². The standard InChI is InChI=1S/C17H18N2S/c18-17(19)16-7-2-1-4-14(16)11-20-15-9-8-12-5-3-6-13(12)10-15/h1-2,4,7-10H,3,5-6,11H2,(H3,18,19). The summed E-state index contributed by atoms with van der Waals surface area (Å²) < 4.78 is 0. The van der Waals surface area contributed by atoms with Gasteiger partial charge in [0.2, 0.25) is 0 Å². The van der Waals surface area contributed by atoms with Crippen molar-refractivity contribution in [2.24, 2.45) is 5.73 Å². The molecule has 20 heavy (non-hydrogen) atoms. The molecule has 1 aliphatic carbocycles. The zero-order chi connectivity index (χ0) is 13.9. The minimum atomic E-state index is 0.148. The minimum Gasteiger partial charge on any atom is -0.384 e. The van der Waals surface area contributed by atoms with Crippen molar-refractivity contribution in [1.82, 2.24) is 0 Å². The van der Waals surface area contributed by atoms with Gasteiger partial charge in [0.1, 0.15) is 5.84 Å². The fourth-order valence-electron chi connectivity index (χ4n) is 2.71. The van der Waals surface area contributed by atoms with E-state index >= 15 is 0 Å². The molecule has 0 amide bonds. The average molecular weight is 282 g/mol. The Kier molecular flexibility index (Phi) is 3.79. The van der Waals surface area contributed by atoms with E-state index in [0.717, 1.165) is 16.9 Å². The second-order valence-corrected chi connectivity index (χ2v) is 6.19. The largest absolute Gasteiger partial charge is 0.384 e. The van der Waals surface area contributed by atoms with Crippen LogP contribution < -0.4 is 5.73 Å². The van der Waals surface area contributed by atoms with Crippen molar-refractivity contribution in [3.63, 3.8) is 0 Å². The summed E-state index contributed by atoms with van der Waals surface area (Å²) in [4.78, 5) is 1.31. The van der Waals surface area contributed by atoms with E-state index in [0.29, 0.717) is 0 Å². The summed E-state index contributed by atoms with van der Waals surface area (Å²) in [7, 11) is 0. The van der Waals surface area contributed by atoms with Crippen LogP contribution in [0.4, 0.5) is 0 Å². The molecule has 0 fully saturated rings. The Morgan fingerprint density at radius 1 is 1.10 bits per heavy atom. The van der Waals surface area contributed by atoms with Gasteiger partial charge in [0.15, 0.2) is 0 Å². The number of nitrogens with two attached hydrogens (primary N) is 1. The smallest absolute Gasteiger partial charge is 0.123 e. The molecule has 0 aliphatic heterocycles. The van der Waals surface area contributed by atoms with Crippen molar-refractivity contribution in [3.8, 4) is 0 Å². The van der Waals surface area contributed by atoms with E-state index in [9.17, 15) is 0 Å². The molecular weight excluding hydrogens is 264 g/mol. The number of hydrogen-bond acceptors (Lipinski definition) is 2. The first kappa shape index (κ1) is 13.3. The van der Waals surface area contributed by atoms with Gasteiger partial charge in [0, 0.05) is 16.2 Å². The van der Waals surface area contributed by atoms with Crippen molar-refractivity contribution in [1.29, 1.82) is 5.41 Å². The van der Waals surface area contributed by atoms with E-state index in [-0.39, 0.29) is 5.84 Å². The van der Waals surface area contributed by atoms with E-state index in [1.54, 1.807) is 0 Å². The molecule has 0 saturated heterocycles. The summed E-state index contributed by atoms with van der Waals surface area (Å²) in [6, 6.07) is 14.7. The van der Waals surface area contributed by atoms with Gasteiger partial charge in [-0.15, -0.1) is 11.8 Å². The molecule has 3 heteroatoms. The molecule has 0 radical (unpaired) electrons. The summed E-state index contributed by atoms with van der Waals surface area (Å²) in [6.45, 7) is 0. The van der Waals surface area contributed by atoms with Gasteiger partial charge >= 0.3 is 0 Å². The third-order valence-corrected chi connectivity index (χ3v) is 4.81. The first-order valence-corrected chi connectivity index (χ1v) is 7.89. The highest BCUT2D eigenvalue weighted by molar-refractivity contribution is 7.98. The zero-order valence-corrected chi connectivity index (χ0v) is 12.2. The number of amidine groups is 1. The number of nitrogen functional groups attached to an aromatic ring is 1. The molecule has 0 spiro atoms. The average Bonchev–Trinajstić information content (AvgIpc) is 2.92. The van der Waals surface area contributed by atoms with Gasteiger partial charge < -0.3 is 5.73 Å². The molecule has 2 aromatic rings. The number of rotatable bonds is 4. The van der Waals surface area contributed by atoms with Crippen LogP contribution >= 0.6 is 11.8 Å². The van der Waals surface area contributed by atoms with Gasteiger partial charge in [-0.05, 0) is 48.1 Å². The molecule has 0 atom stereocenters. The number of aryl methyl sites for hydroxylation is 2. The van der Waals surface area contributed by atoms with Gasteiger partial charge in [-0.1, -0.05) is 30.3 Å². The topological polar surface area (TPSA) is 49.9 Å². The Morgan fingerprint density at radius 3 is 2.75 bits per heavy atom. The van der Waals surface area contributed by atoms with Gasteiger partial charge in [0.25, 0.3) is 0 Å². The molecule has 2 aromatic carbocycles. The number of nitrogens with one attached hydrogen (secondary N) is 1. The SMILES string of the molecule is N=C(N)c1ccccc1CSc1ccc2c(c1)CCC2. The normalized spacial score (nSPS) is 13.2. The summed E-state index contributed by atoms with van der Waals surface area (Å²) in [5, 5.41) is 7.63. The van der Waals surface area contributed by atoms with Crippen LogP contribution in [0.3, 0.4) is 0 Å². The Morgan fingerprint density at radius 2 is 1.90 bits per heavy atom. The van der Waals surface area contributed by atoms with Gasteiger partial charge in [-0.3, -0.25) is 5.41 Å². The highest BCUT2D eigenvalue weighted by Gasteiger charge is 2.11. The van der Waals surface area contributed by atoms with Crippen molar-refractivity contribution in [2.45, 2.75) is 29.9 Å². The van der Waals surface area contributed by atoms with Crippen molar-refractivity contribution >= 4 is 17.6 Å².